The van der Waals surface area contributed by atoms with Crippen LogP contribution in [0, 0.1) is 19.8 Å². The fourth-order valence-electron chi connectivity index (χ4n) is 2.83. The predicted octanol–water partition coefficient (Wildman–Crippen LogP) is 2.61. The molecule has 17 heavy (non-hydrogen) atoms. The van der Waals surface area contributed by atoms with Gasteiger partial charge in [0.15, 0.2) is 5.78 Å². The van der Waals surface area contributed by atoms with Crippen LogP contribution in [0.4, 0.5) is 0 Å². The van der Waals surface area contributed by atoms with E-state index in [1.165, 1.54) is 16.7 Å². The third kappa shape index (κ3) is 2.42. The van der Waals surface area contributed by atoms with Gasteiger partial charge in [-0.25, -0.2) is 0 Å². The summed E-state index contributed by atoms with van der Waals surface area (Å²) in [7, 11) is 4.06. The van der Waals surface area contributed by atoms with E-state index in [1.807, 2.05) is 14.1 Å². The van der Waals surface area contributed by atoms with Gasteiger partial charge in [0.25, 0.3) is 0 Å². The van der Waals surface area contributed by atoms with Crippen LogP contribution in [0.5, 0.6) is 0 Å². The quantitative estimate of drug-likeness (QED) is 0.780. The highest BCUT2D eigenvalue weighted by Gasteiger charge is 2.28. The molecule has 0 aromatic heterocycles. The van der Waals surface area contributed by atoms with Crippen molar-refractivity contribution in [2.24, 2.45) is 5.92 Å². The SMILES string of the molecule is Cc1cc(C)c2c(c1)C(=O)C(CN(C)C)CC2. The van der Waals surface area contributed by atoms with E-state index < -0.39 is 0 Å². The molecule has 1 atom stereocenters. The van der Waals surface area contributed by atoms with E-state index >= 15 is 0 Å². The van der Waals surface area contributed by atoms with Gasteiger partial charge in [-0.1, -0.05) is 11.6 Å². The van der Waals surface area contributed by atoms with Crippen LogP contribution in [0.1, 0.15) is 33.5 Å². The average molecular weight is 231 g/mol. The Morgan fingerprint density at radius 2 is 2.00 bits per heavy atom. The molecule has 0 radical (unpaired) electrons. The van der Waals surface area contributed by atoms with Gasteiger partial charge in [0.1, 0.15) is 0 Å². The number of ketones is 1. The molecule has 0 heterocycles. The Bertz CT molecular complexity index is 448. The topological polar surface area (TPSA) is 20.3 Å². The Hall–Kier alpha value is -1.15. The lowest BCUT2D eigenvalue weighted by molar-refractivity contribution is 0.0877. The van der Waals surface area contributed by atoms with Crippen molar-refractivity contribution in [3.8, 4) is 0 Å². The summed E-state index contributed by atoms with van der Waals surface area (Å²) in [5.74, 6) is 0.519. The second kappa shape index (κ2) is 4.61. The highest BCUT2D eigenvalue weighted by molar-refractivity contribution is 6.00. The Morgan fingerprint density at radius 3 is 2.65 bits per heavy atom. The maximum Gasteiger partial charge on any atom is 0.167 e. The first-order chi connectivity index (χ1) is 7.99. The largest absolute Gasteiger partial charge is 0.309 e. The first-order valence-corrected chi connectivity index (χ1v) is 6.28. The number of carbonyl (C=O) groups is 1. The molecular weight excluding hydrogens is 210 g/mol. The van der Waals surface area contributed by atoms with Crippen LogP contribution in [0.3, 0.4) is 0 Å². The second-order valence-electron chi connectivity index (χ2n) is 5.47. The molecule has 0 fully saturated rings. The van der Waals surface area contributed by atoms with E-state index in [1.54, 1.807) is 0 Å². The normalized spacial score (nSPS) is 19.6. The third-order valence-electron chi connectivity index (χ3n) is 3.58. The Kier molecular flexibility index (Phi) is 3.34. The zero-order chi connectivity index (χ0) is 12.6. The number of fused-ring (bicyclic) bond motifs is 1. The van der Waals surface area contributed by atoms with Gasteiger partial charge in [-0.15, -0.1) is 0 Å². The van der Waals surface area contributed by atoms with Gasteiger partial charge in [-0.2, -0.15) is 0 Å². The minimum atomic E-state index is 0.179. The second-order valence-corrected chi connectivity index (χ2v) is 5.47. The summed E-state index contributed by atoms with van der Waals surface area (Å²) < 4.78 is 0. The van der Waals surface area contributed by atoms with Crippen LogP contribution in [0.2, 0.25) is 0 Å². The number of hydrogen-bond acceptors (Lipinski definition) is 2. The molecule has 1 aliphatic carbocycles. The fraction of sp³-hybridized carbons (Fsp3) is 0.533. The number of Topliss-reactive ketones (excluding diaryl/α,β-unsaturated/α-hetero) is 1. The molecule has 1 aromatic carbocycles. The summed E-state index contributed by atoms with van der Waals surface area (Å²) in [6.07, 6.45) is 2.04. The van der Waals surface area contributed by atoms with E-state index in [2.05, 4.69) is 30.9 Å². The number of aryl methyl sites for hydroxylation is 2. The van der Waals surface area contributed by atoms with Gasteiger partial charge in [-0.05, 0) is 58.0 Å². The zero-order valence-electron chi connectivity index (χ0n) is 11.2. The molecule has 0 bridgehead atoms. The van der Waals surface area contributed by atoms with Crippen molar-refractivity contribution in [1.82, 2.24) is 4.90 Å². The van der Waals surface area contributed by atoms with Crippen LogP contribution < -0.4 is 0 Å². The smallest absolute Gasteiger partial charge is 0.167 e. The van der Waals surface area contributed by atoms with Crippen molar-refractivity contribution < 1.29 is 4.79 Å². The van der Waals surface area contributed by atoms with Gasteiger partial charge in [-0.3, -0.25) is 4.79 Å². The van der Waals surface area contributed by atoms with Crippen molar-refractivity contribution in [1.29, 1.82) is 0 Å². The molecule has 0 spiro atoms. The Morgan fingerprint density at radius 1 is 1.29 bits per heavy atom. The lowest BCUT2D eigenvalue weighted by atomic mass is 9.80. The van der Waals surface area contributed by atoms with E-state index in [9.17, 15) is 4.79 Å². The first kappa shape index (κ1) is 12.3. The van der Waals surface area contributed by atoms with Gasteiger partial charge in [0, 0.05) is 18.0 Å². The molecule has 0 N–H and O–H groups in total. The number of nitrogens with zero attached hydrogens (tertiary/aromatic N) is 1. The molecule has 1 aliphatic rings. The van der Waals surface area contributed by atoms with Crippen molar-refractivity contribution >= 4 is 5.78 Å². The monoisotopic (exact) mass is 231 g/mol. The van der Waals surface area contributed by atoms with Gasteiger partial charge >= 0.3 is 0 Å². The summed E-state index contributed by atoms with van der Waals surface area (Å²) in [5.41, 5.74) is 4.72. The molecule has 0 aliphatic heterocycles. The molecule has 92 valence electrons. The van der Waals surface area contributed by atoms with E-state index in [0.717, 1.165) is 24.9 Å². The molecule has 0 amide bonds. The number of benzene rings is 1. The number of carbonyl (C=O) groups excluding carboxylic acids is 1. The van der Waals surface area contributed by atoms with Crippen LogP contribution in [-0.4, -0.2) is 31.3 Å². The molecule has 2 rings (SSSR count). The Balaban J connectivity index is 2.35. The highest BCUT2D eigenvalue weighted by atomic mass is 16.1. The third-order valence-corrected chi connectivity index (χ3v) is 3.58. The van der Waals surface area contributed by atoms with Gasteiger partial charge in [0.05, 0.1) is 0 Å². The minimum Gasteiger partial charge on any atom is -0.309 e. The molecule has 1 unspecified atom stereocenters. The average Bonchev–Trinajstić information content (AvgIpc) is 2.22. The maximum atomic E-state index is 12.4. The van der Waals surface area contributed by atoms with Crippen molar-refractivity contribution in [3.63, 3.8) is 0 Å². The van der Waals surface area contributed by atoms with Crippen LogP contribution in [0.25, 0.3) is 0 Å². The molecule has 2 heteroatoms. The summed E-state index contributed by atoms with van der Waals surface area (Å²) >= 11 is 0. The lowest BCUT2D eigenvalue weighted by Gasteiger charge is -2.27. The summed E-state index contributed by atoms with van der Waals surface area (Å²) in [6, 6.07) is 4.24. The number of hydrogen-bond donors (Lipinski definition) is 0. The maximum absolute atomic E-state index is 12.4. The first-order valence-electron chi connectivity index (χ1n) is 6.28. The van der Waals surface area contributed by atoms with Crippen LogP contribution >= 0.6 is 0 Å². The predicted molar refractivity (Wildman–Crippen MR) is 70.6 cm³/mol. The van der Waals surface area contributed by atoms with Crippen LogP contribution in [-0.2, 0) is 6.42 Å². The van der Waals surface area contributed by atoms with E-state index in [-0.39, 0.29) is 5.92 Å². The standard InChI is InChI=1S/C15H21NO/c1-10-7-11(2)13-6-5-12(9-16(3)4)15(17)14(13)8-10/h7-8,12H,5-6,9H2,1-4H3. The number of rotatable bonds is 2. The molecule has 0 saturated heterocycles. The fourth-order valence-corrected chi connectivity index (χ4v) is 2.83. The molecule has 1 aromatic rings. The summed E-state index contributed by atoms with van der Waals surface area (Å²) in [4.78, 5) is 14.5. The van der Waals surface area contributed by atoms with Crippen molar-refractivity contribution in [2.45, 2.75) is 26.7 Å². The van der Waals surface area contributed by atoms with Crippen molar-refractivity contribution in [2.75, 3.05) is 20.6 Å². The van der Waals surface area contributed by atoms with E-state index in [4.69, 9.17) is 0 Å². The highest BCUT2D eigenvalue weighted by Crippen LogP contribution is 2.29. The lowest BCUT2D eigenvalue weighted by Crippen LogP contribution is -2.32. The van der Waals surface area contributed by atoms with Crippen molar-refractivity contribution in [3.05, 3.63) is 34.4 Å². The Labute approximate surface area is 104 Å². The molecular formula is C15H21NO. The molecule has 0 saturated carbocycles. The van der Waals surface area contributed by atoms with Gasteiger partial charge in [0.2, 0.25) is 0 Å². The summed E-state index contributed by atoms with van der Waals surface area (Å²) in [5, 5.41) is 0. The van der Waals surface area contributed by atoms with E-state index in [0.29, 0.717) is 5.78 Å². The van der Waals surface area contributed by atoms with Gasteiger partial charge < -0.3 is 4.90 Å². The minimum absolute atomic E-state index is 0.179. The summed E-state index contributed by atoms with van der Waals surface area (Å²) in [6.45, 7) is 5.05. The van der Waals surface area contributed by atoms with Crippen LogP contribution in [0.15, 0.2) is 12.1 Å². The zero-order valence-corrected chi connectivity index (χ0v) is 11.2. The molecule has 2 nitrogen and oxygen atoms in total.